The van der Waals surface area contributed by atoms with Crippen LogP contribution in [0.1, 0.15) is 34.1 Å². The van der Waals surface area contributed by atoms with Gasteiger partial charge in [-0.3, -0.25) is 9.59 Å². The molecule has 108 valence electrons. The number of nitrogens with zero attached hydrogens (tertiary/aromatic N) is 1. The Morgan fingerprint density at radius 2 is 2.00 bits per heavy atom. The lowest BCUT2D eigenvalue weighted by molar-refractivity contribution is -0.144. The summed E-state index contributed by atoms with van der Waals surface area (Å²) in [5.41, 5.74) is -0.566. The maximum atomic E-state index is 11.9. The van der Waals surface area contributed by atoms with Gasteiger partial charge >= 0.3 is 12.1 Å². The van der Waals surface area contributed by atoms with Gasteiger partial charge in [0.05, 0.1) is 5.92 Å². The molecule has 0 radical (unpaired) electrons. The number of ketones is 1. The summed E-state index contributed by atoms with van der Waals surface area (Å²) in [5, 5.41) is 0. The van der Waals surface area contributed by atoms with E-state index in [2.05, 4.69) is 0 Å². The van der Waals surface area contributed by atoms with E-state index in [4.69, 9.17) is 9.47 Å². The number of amides is 1. The molecule has 1 aliphatic rings. The Kier molecular flexibility index (Phi) is 4.91. The van der Waals surface area contributed by atoms with E-state index in [1.165, 1.54) is 11.8 Å². The van der Waals surface area contributed by atoms with Crippen molar-refractivity contribution in [3.63, 3.8) is 0 Å². The number of Topliss-reactive ketones (excluding diaryl/α,β-unsaturated/α-hetero) is 1. The van der Waals surface area contributed by atoms with Crippen molar-refractivity contribution in [3.05, 3.63) is 0 Å². The average Bonchev–Trinajstić information content (AvgIpc) is 2.25. The third-order valence-electron chi connectivity index (χ3n) is 2.66. The second-order valence-electron chi connectivity index (χ2n) is 5.64. The molecule has 6 nitrogen and oxygen atoms in total. The molecule has 1 aliphatic heterocycles. The largest absolute Gasteiger partial charge is 0.465 e. The number of hydrogen-bond donors (Lipinski definition) is 0. The third-order valence-corrected chi connectivity index (χ3v) is 2.66. The molecule has 1 amide bonds. The number of hydrogen-bond acceptors (Lipinski definition) is 5. The zero-order chi connectivity index (χ0) is 14.6. The van der Waals surface area contributed by atoms with E-state index in [1.54, 1.807) is 20.8 Å². The van der Waals surface area contributed by atoms with E-state index in [-0.39, 0.29) is 25.4 Å². The van der Waals surface area contributed by atoms with Crippen molar-refractivity contribution in [1.29, 1.82) is 0 Å². The van der Waals surface area contributed by atoms with E-state index in [1.807, 2.05) is 0 Å². The van der Waals surface area contributed by atoms with Crippen molar-refractivity contribution in [3.8, 4) is 0 Å². The monoisotopic (exact) mass is 271 g/mol. The number of carbonyl (C=O) groups excluding carboxylic acids is 3. The molecule has 1 saturated heterocycles. The third kappa shape index (κ3) is 5.28. The van der Waals surface area contributed by atoms with Crippen LogP contribution in [0, 0.1) is 5.92 Å². The Balaban J connectivity index is 2.56. The van der Waals surface area contributed by atoms with Crippen molar-refractivity contribution in [2.45, 2.75) is 39.7 Å². The molecular weight excluding hydrogens is 250 g/mol. The SMILES string of the molecule is CC(=O)OC[C@@H]1CN(C(=O)OC(C)(C)C)CCC1=O. The van der Waals surface area contributed by atoms with Crippen molar-refractivity contribution in [2.24, 2.45) is 5.92 Å². The molecule has 0 aromatic rings. The van der Waals surface area contributed by atoms with Crippen LogP contribution in [0.2, 0.25) is 0 Å². The molecule has 1 heterocycles. The van der Waals surface area contributed by atoms with Gasteiger partial charge in [-0.25, -0.2) is 4.79 Å². The molecule has 0 bridgehead atoms. The molecule has 6 heteroatoms. The molecule has 1 rings (SSSR count). The second kappa shape index (κ2) is 6.04. The fourth-order valence-corrected chi connectivity index (χ4v) is 1.76. The van der Waals surface area contributed by atoms with Crippen LogP contribution >= 0.6 is 0 Å². The summed E-state index contributed by atoms with van der Waals surface area (Å²) in [6, 6.07) is 0. The molecule has 1 atom stereocenters. The standard InChI is InChI=1S/C13H21NO5/c1-9(15)18-8-10-7-14(6-5-11(10)16)12(17)19-13(2,3)4/h10H,5-8H2,1-4H3/t10-/m0/s1. The molecule has 1 fully saturated rings. The molecule has 19 heavy (non-hydrogen) atoms. The first kappa shape index (κ1) is 15.5. The van der Waals surface area contributed by atoms with Crippen LogP contribution in [-0.4, -0.2) is 48.0 Å². The van der Waals surface area contributed by atoms with Gasteiger partial charge in [0.2, 0.25) is 0 Å². The summed E-state index contributed by atoms with van der Waals surface area (Å²) >= 11 is 0. The van der Waals surface area contributed by atoms with Gasteiger partial charge in [-0.2, -0.15) is 0 Å². The predicted molar refractivity (Wildman–Crippen MR) is 67.6 cm³/mol. The summed E-state index contributed by atoms with van der Waals surface area (Å²) in [7, 11) is 0. The van der Waals surface area contributed by atoms with Crippen molar-refractivity contribution in [1.82, 2.24) is 4.90 Å². The fourth-order valence-electron chi connectivity index (χ4n) is 1.76. The number of rotatable bonds is 2. The number of esters is 1. The van der Waals surface area contributed by atoms with E-state index in [9.17, 15) is 14.4 Å². The minimum atomic E-state index is -0.566. The number of piperidine rings is 1. The van der Waals surface area contributed by atoms with Crippen LogP contribution in [0.5, 0.6) is 0 Å². The Morgan fingerprint density at radius 3 is 2.53 bits per heavy atom. The lowest BCUT2D eigenvalue weighted by Crippen LogP contribution is -2.47. The fraction of sp³-hybridized carbons (Fsp3) is 0.769. The number of likely N-dealkylation sites (tertiary alicyclic amines) is 1. The van der Waals surface area contributed by atoms with Gasteiger partial charge in [0, 0.05) is 26.4 Å². The van der Waals surface area contributed by atoms with E-state index < -0.39 is 23.6 Å². The molecule has 0 N–H and O–H groups in total. The van der Waals surface area contributed by atoms with Crippen LogP contribution in [0.3, 0.4) is 0 Å². The smallest absolute Gasteiger partial charge is 0.410 e. The van der Waals surface area contributed by atoms with Gasteiger partial charge in [0.25, 0.3) is 0 Å². The summed E-state index contributed by atoms with van der Waals surface area (Å²) in [4.78, 5) is 35.8. The maximum absolute atomic E-state index is 11.9. The summed E-state index contributed by atoms with van der Waals surface area (Å²) < 4.78 is 10.1. The van der Waals surface area contributed by atoms with Crippen molar-refractivity contribution >= 4 is 17.8 Å². The first-order valence-electron chi connectivity index (χ1n) is 6.33. The quantitative estimate of drug-likeness (QED) is 0.709. The highest BCUT2D eigenvalue weighted by Gasteiger charge is 2.32. The Morgan fingerprint density at radius 1 is 1.37 bits per heavy atom. The highest BCUT2D eigenvalue weighted by molar-refractivity contribution is 5.84. The van der Waals surface area contributed by atoms with Gasteiger partial charge in [-0.15, -0.1) is 0 Å². The van der Waals surface area contributed by atoms with Gasteiger partial charge in [-0.05, 0) is 20.8 Å². The normalized spacial score (nSPS) is 20.1. The molecule has 0 aromatic heterocycles. The van der Waals surface area contributed by atoms with Gasteiger partial charge in [0.1, 0.15) is 18.0 Å². The van der Waals surface area contributed by atoms with Crippen molar-refractivity contribution in [2.75, 3.05) is 19.7 Å². The number of carbonyl (C=O) groups is 3. The average molecular weight is 271 g/mol. The molecule has 0 aromatic carbocycles. The zero-order valence-corrected chi connectivity index (χ0v) is 11.9. The topological polar surface area (TPSA) is 72.9 Å². The molecule has 0 saturated carbocycles. The summed E-state index contributed by atoms with van der Waals surface area (Å²) in [5.74, 6) is -0.867. The minimum Gasteiger partial charge on any atom is -0.465 e. The van der Waals surface area contributed by atoms with E-state index in [0.717, 1.165) is 0 Å². The van der Waals surface area contributed by atoms with Gasteiger partial charge in [0.15, 0.2) is 0 Å². The van der Waals surface area contributed by atoms with E-state index >= 15 is 0 Å². The Bertz CT molecular complexity index is 372. The lowest BCUT2D eigenvalue weighted by atomic mass is 9.98. The van der Waals surface area contributed by atoms with E-state index in [0.29, 0.717) is 6.54 Å². The lowest BCUT2D eigenvalue weighted by Gasteiger charge is -2.33. The van der Waals surface area contributed by atoms with Crippen LogP contribution in [0.25, 0.3) is 0 Å². The second-order valence-corrected chi connectivity index (χ2v) is 5.64. The molecular formula is C13H21NO5. The van der Waals surface area contributed by atoms with Gasteiger partial charge in [-0.1, -0.05) is 0 Å². The van der Waals surface area contributed by atoms with Crippen LogP contribution in [0.4, 0.5) is 4.79 Å². The van der Waals surface area contributed by atoms with Crippen LogP contribution < -0.4 is 0 Å². The van der Waals surface area contributed by atoms with Gasteiger partial charge < -0.3 is 14.4 Å². The minimum absolute atomic E-state index is 0.0149. The molecule has 0 aliphatic carbocycles. The maximum Gasteiger partial charge on any atom is 0.410 e. The highest BCUT2D eigenvalue weighted by atomic mass is 16.6. The Labute approximate surface area is 113 Å². The highest BCUT2D eigenvalue weighted by Crippen LogP contribution is 2.17. The molecule has 0 spiro atoms. The Hall–Kier alpha value is -1.59. The predicted octanol–water partition coefficient (Wildman–Crippen LogP) is 1.38. The summed E-state index contributed by atoms with van der Waals surface area (Å²) in [6.07, 6.45) is -0.168. The van der Waals surface area contributed by atoms with Crippen molar-refractivity contribution < 1.29 is 23.9 Å². The molecule has 0 unspecified atom stereocenters. The first-order chi connectivity index (χ1) is 8.69. The zero-order valence-electron chi connectivity index (χ0n) is 11.9. The summed E-state index contributed by atoms with van der Waals surface area (Å²) in [6.45, 7) is 7.26. The van der Waals surface area contributed by atoms with Crippen LogP contribution in [-0.2, 0) is 19.1 Å². The first-order valence-corrected chi connectivity index (χ1v) is 6.33. The van der Waals surface area contributed by atoms with Crippen LogP contribution in [0.15, 0.2) is 0 Å². The number of ether oxygens (including phenoxy) is 2.